The molecule has 0 aliphatic carbocycles. The summed E-state index contributed by atoms with van der Waals surface area (Å²) in [7, 11) is 3.77. The SMILES string of the molecule is CN(C)c1ccc(C(=O)NCC2(c3cccc(Br)c3)CCOCC2)nn1. The lowest BCUT2D eigenvalue weighted by Crippen LogP contribution is -2.44. The number of ether oxygens (including phenoxy) is 1. The summed E-state index contributed by atoms with van der Waals surface area (Å²) in [5.74, 6) is 0.514. The molecule has 2 heterocycles. The van der Waals surface area contributed by atoms with Crippen LogP contribution in [0.25, 0.3) is 0 Å². The van der Waals surface area contributed by atoms with Crippen LogP contribution >= 0.6 is 15.9 Å². The second-order valence-corrected chi connectivity index (χ2v) is 7.67. The minimum Gasteiger partial charge on any atom is -0.381 e. The molecule has 1 aliphatic rings. The molecule has 0 bridgehead atoms. The Morgan fingerprint density at radius 3 is 2.62 bits per heavy atom. The molecule has 1 saturated heterocycles. The molecule has 7 heteroatoms. The van der Waals surface area contributed by atoms with Gasteiger partial charge in [-0.15, -0.1) is 10.2 Å². The Kier molecular flexibility index (Phi) is 5.88. The van der Waals surface area contributed by atoms with Crippen molar-refractivity contribution in [2.45, 2.75) is 18.3 Å². The molecule has 0 saturated carbocycles. The van der Waals surface area contributed by atoms with E-state index in [1.54, 1.807) is 12.1 Å². The predicted molar refractivity (Wildman–Crippen MR) is 105 cm³/mol. The number of benzene rings is 1. The number of halogens is 1. The summed E-state index contributed by atoms with van der Waals surface area (Å²) in [5, 5.41) is 11.2. The fraction of sp³-hybridized carbons (Fsp3) is 0.421. The van der Waals surface area contributed by atoms with Crippen LogP contribution in [0.1, 0.15) is 28.9 Å². The number of amides is 1. The summed E-state index contributed by atoms with van der Waals surface area (Å²) in [6.07, 6.45) is 1.74. The van der Waals surface area contributed by atoms with Gasteiger partial charge in [0.1, 0.15) is 0 Å². The van der Waals surface area contributed by atoms with Gasteiger partial charge in [0, 0.05) is 43.7 Å². The lowest BCUT2D eigenvalue weighted by Gasteiger charge is -2.38. The number of rotatable bonds is 5. The van der Waals surface area contributed by atoms with Gasteiger partial charge in [-0.3, -0.25) is 4.79 Å². The number of nitrogens with zero attached hydrogens (tertiary/aromatic N) is 3. The van der Waals surface area contributed by atoms with Crippen LogP contribution in [-0.2, 0) is 10.2 Å². The zero-order chi connectivity index (χ0) is 18.6. The molecule has 6 nitrogen and oxygen atoms in total. The third-order valence-electron chi connectivity index (χ3n) is 4.82. The second kappa shape index (κ2) is 8.14. The summed E-state index contributed by atoms with van der Waals surface area (Å²) in [6, 6.07) is 11.8. The number of hydrogen-bond donors (Lipinski definition) is 1. The van der Waals surface area contributed by atoms with Gasteiger partial charge < -0.3 is 15.0 Å². The molecule has 1 aromatic heterocycles. The number of aromatic nitrogens is 2. The van der Waals surface area contributed by atoms with Gasteiger partial charge in [0.25, 0.3) is 5.91 Å². The van der Waals surface area contributed by atoms with E-state index in [9.17, 15) is 4.79 Å². The van der Waals surface area contributed by atoms with Gasteiger partial charge in [0.05, 0.1) is 0 Å². The first kappa shape index (κ1) is 18.8. The van der Waals surface area contributed by atoms with E-state index in [1.165, 1.54) is 5.56 Å². The van der Waals surface area contributed by atoms with E-state index in [1.807, 2.05) is 31.1 Å². The van der Waals surface area contributed by atoms with Crippen molar-refractivity contribution in [3.05, 3.63) is 52.1 Å². The number of anilines is 1. The minimum absolute atomic E-state index is 0.130. The molecule has 0 atom stereocenters. The molecule has 26 heavy (non-hydrogen) atoms. The van der Waals surface area contributed by atoms with Crippen molar-refractivity contribution in [3.8, 4) is 0 Å². The predicted octanol–water partition coefficient (Wildman–Crippen LogP) is 2.78. The Bertz CT molecular complexity index is 758. The Balaban J connectivity index is 1.74. The Labute approximate surface area is 162 Å². The number of hydrogen-bond acceptors (Lipinski definition) is 5. The van der Waals surface area contributed by atoms with Crippen LogP contribution in [0.4, 0.5) is 5.82 Å². The smallest absolute Gasteiger partial charge is 0.271 e. The average Bonchev–Trinajstić information content (AvgIpc) is 2.67. The van der Waals surface area contributed by atoms with E-state index in [-0.39, 0.29) is 11.3 Å². The lowest BCUT2D eigenvalue weighted by molar-refractivity contribution is 0.0486. The maximum absolute atomic E-state index is 12.5. The quantitative estimate of drug-likeness (QED) is 0.808. The minimum atomic E-state index is -0.205. The van der Waals surface area contributed by atoms with Gasteiger partial charge in [0.2, 0.25) is 0 Å². The van der Waals surface area contributed by atoms with Crippen LogP contribution in [0.3, 0.4) is 0 Å². The van der Waals surface area contributed by atoms with E-state index < -0.39 is 0 Å². The molecule has 0 radical (unpaired) electrons. The number of nitrogens with one attached hydrogen (secondary N) is 1. The number of carbonyl (C=O) groups is 1. The van der Waals surface area contributed by atoms with Crippen molar-refractivity contribution >= 4 is 27.7 Å². The Hall–Kier alpha value is -1.99. The van der Waals surface area contributed by atoms with E-state index in [0.717, 1.165) is 23.1 Å². The highest BCUT2D eigenvalue weighted by Crippen LogP contribution is 2.35. The van der Waals surface area contributed by atoms with Gasteiger partial charge in [-0.25, -0.2) is 0 Å². The van der Waals surface area contributed by atoms with E-state index in [0.29, 0.717) is 25.5 Å². The molecule has 138 valence electrons. The first-order chi connectivity index (χ1) is 12.5. The Morgan fingerprint density at radius 1 is 1.23 bits per heavy atom. The molecule has 3 rings (SSSR count). The molecule has 0 unspecified atom stereocenters. The molecular weight excluding hydrogens is 396 g/mol. The third-order valence-corrected chi connectivity index (χ3v) is 5.31. The molecule has 1 N–H and O–H groups in total. The van der Waals surface area contributed by atoms with Crippen molar-refractivity contribution in [2.24, 2.45) is 0 Å². The van der Waals surface area contributed by atoms with Crippen molar-refractivity contribution in [1.29, 1.82) is 0 Å². The Morgan fingerprint density at radius 2 is 2.00 bits per heavy atom. The van der Waals surface area contributed by atoms with Crippen LogP contribution in [0.5, 0.6) is 0 Å². The maximum Gasteiger partial charge on any atom is 0.271 e. The zero-order valence-electron chi connectivity index (χ0n) is 15.0. The summed E-state index contributed by atoms with van der Waals surface area (Å²) in [5.41, 5.74) is 1.41. The molecule has 1 aliphatic heterocycles. The second-order valence-electron chi connectivity index (χ2n) is 6.76. The maximum atomic E-state index is 12.5. The lowest BCUT2D eigenvalue weighted by atomic mass is 9.74. The fourth-order valence-corrected chi connectivity index (χ4v) is 3.57. The largest absolute Gasteiger partial charge is 0.381 e. The highest BCUT2D eigenvalue weighted by molar-refractivity contribution is 9.10. The van der Waals surface area contributed by atoms with E-state index in [2.05, 4.69) is 43.6 Å². The van der Waals surface area contributed by atoms with Crippen molar-refractivity contribution in [3.63, 3.8) is 0 Å². The monoisotopic (exact) mass is 418 g/mol. The number of carbonyl (C=O) groups excluding carboxylic acids is 1. The summed E-state index contributed by atoms with van der Waals surface area (Å²) in [4.78, 5) is 14.4. The molecule has 0 spiro atoms. The average molecular weight is 419 g/mol. The first-order valence-corrected chi connectivity index (χ1v) is 9.42. The van der Waals surface area contributed by atoms with Gasteiger partial charge in [-0.05, 0) is 42.7 Å². The third kappa shape index (κ3) is 4.22. The van der Waals surface area contributed by atoms with Gasteiger partial charge >= 0.3 is 0 Å². The first-order valence-electron chi connectivity index (χ1n) is 8.63. The molecule has 2 aromatic rings. The van der Waals surface area contributed by atoms with Gasteiger partial charge in [-0.1, -0.05) is 28.1 Å². The standard InChI is InChI=1S/C19H23BrN4O2/c1-24(2)17-7-6-16(22-23-17)18(25)21-13-19(8-10-26-11-9-19)14-4-3-5-15(20)12-14/h3-7,12H,8-11,13H2,1-2H3,(H,21,25). The van der Waals surface area contributed by atoms with Crippen LogP contribution in [-0.4, -0.2) is 50.0 Å². The molecule has 1 aromatic carbocycles. The molecule has 1 amide bonds. The molecular formula is C19H23BrN4O2. The highest BCUT2D eigenvalue weighted by Gasteiger charge is 2.35. The highest BCUT2D eigenvalue weighted by atomic mass is 79.9. The van der Waals surface area contributed by atoms with Crippen LogP contribution < -0.4 is 10.2 Å². The summed E-state index contributed by atoms with van der Waals surface area (Å²) in [6.45, 7) is 1.93. The topological polar surface area (TPSA) is 67.4 Å². The summed E-state index contributed by atoms with van der Waals surface area (Å²) < 4.78 is 6.59. The van der Waals surface area contributed by atoms with E-state index in [4.69, 9.17) is 4.74 Å². The van der Waals surface area contributed by atoms with Crippen LogP contribution in [0, 0.1) is 0 Å². The molecule has 1 fully saturated rings. The van der Waals surface area contributed by atoms with Crippen molar-refractivity contribution < 1.29 is 9.53 Å². The van der Waals surface area contributed by atoms with Gasteiger partial charge in [-0.2, -0.15) is 0 Å². The van der Waals surface area contributed by atoms with Crippen LogP contribution in [0.2, 0.25) is 0 Å². The van der Waals surface area contributed by atoms with Gasteiger partial charge in [0.15, 0.2) is 11.5 Å². The zero-order valence-corrected chi connectivity index (χ0v) is 16.6. The van der Waals surface area contributed by atoms with E-state index >= 15 is 0 Å². The van der Waals surface area contributed by atoms with Crippen LogP contribution in [0.15, 0.2) is 40.9 Å². The van der Waals surface area contributed by atoms with Crippen molar-refractivity contribution in [1.82, 2.24) is 15.5 Å². The fourth-order valence-electron chi connectivity index (χ4n) is 3.17. The van der Waals surface area contributed by atoms with Crippen molar-refractivity contribution in [2.75, 3.05) is 38.8 Å². The normalized spacial score (nSPS) is 16.1. The summed E-state index contributed by atoms with van der Waals surface area (Å²) >= 11 is 3.55.